The second-order valence-corrected chi connectivity index (χ2v) is 4.68. The van der Waals surface area contributed by atoms with Crippen molar-refractivity contribution in [2.24, 2.45) is 0 Å². The van der Waals surface area contributed by atoms with E-state index < -0.39 is 0 Å². The van der Waals surface area contributed by atoms with E-state index in [0.717, 1.165) is 0 Å². The molecular weight excluding hydrogens is 297 g/mol. The van der Waals surface area contributed by atoms with E-state index in [-0.39, 0.29) is 11.3 Å². The lowest BCUT2D eigenvalue weighted by Crippen LogP contribution is -2.33. The van der Waals surface area contributed by atoms with E-state index in [1.54, 1.807) is 20.2 Å². The van der Waals surface area contributed by atoms with Crippen LogP contribution in [0.2, 0.25) is 0 Å². The van der Waals surface area contributed by atoms with E-state index in [2.05, 4.69) is 15.9 Å². The van der Waals surface area contributed by atoms with Gasteiger partial charge in [0, 0.05) is 20.7 Å². The molecule has 1 rings (SSSR count). The standard InChI is InChI=1S/C10H13BrClNO3/c1-13(5-7(12)6-15-2)10(14)8-3-4-16-9(8)11/h3-4,7H,5-6H2,1-2H3. The Kier molecular flexibility index (Phi) is 5.31. The van der Waals surface area contributed by atoms with Gasteiger partial charge in [-0.25, -0.2) is 0 Å². The average Bonchev–Trinajstić information content (AvgIpc) is 2.63. The van der Waals surface area contributed by atoms with Crippen molar-refractivity contribution < 1.29 is 13.9 Å². The van der Waals surface area contributed by atoms with Crippen molar-refractivity contribution in [2.75, 3.05) is 27.3 Å². The Morgan fingerprint density at radius 2 is 2.44 bits per heavy atom. The molecule has 1 atom stereocenters. The van der Waals surface area contributed by atoms with Gasteiger partial charge in [0.1, 0.15) is 0 Å². The number of nitrogens with zero attached hydrogens (tertiary/aromatic N) is 1. The van der Waals surface area contributed by atoms with Gasteiger partial charge in [-0.05, 0) is 22.0 Å². The van der Waals surface area contributed by atoms with Gasteiger partial charge < -0.3 is 14.1 Å². The third-order valence-corrected chi connectivity index (χ3v) is 2.89. The van der Waals surface area contributed by atoms with Crippen LogP contribution in [0.15, 0.2) is 21.4 Å². The van der Waals surface area contributed by atoms with Crippen molar-refractivity contribution in [3.63, 3.8) is 0 Å². The van der Waals surface area contributed by atoms with Gasteiger partial charge in [-0.1, -0.05) is 0 Å². The number of carbonyl (C=O) groups is 1. The summed E-state index contributed by atoms with van der Waals surface area (Å²) in [5, 5.41) is -0.218. The van der Waals surface area contributed by atoms with E-state index in [9.17, 15) is 4.79 Å². The van der Waals surface area contributed by atoms with Gasteiger partial charge in [0.05, 0.1) is 23.8 Å². The quantitative estimate of drug-likeness (QED) is 0.784. The summed E-state index contributed by atoms with van der Waals surface area (Å²) in [6.45, 7) is 0.831. The normalized spacial score (nSPS) is 12.5. The van der Waals surface area contributed by atoms with E-state index in [4.69, 9.17) is 20.8 Å². The summed E-state index contributed by atoms with van der Waals surface area (Å²) in [5.74, 6) is -0.137. The summed E-state index contributed by atoms with van der Waals surface area (Å²) >= 11 is 9.13. The lowest BCUT2D eigenvalue weighted by Gasteiger charge is -2.19. The van der Waals surface area contributed by atoms with Gasteiger partial charge in [-0.3, -0.25) is 4.79 Å². The molecule has 1 heterocycles. The minimum Gasteiger partial charge on any atom is -0.457 e. The zero-order valence-electron chi connectivity index (χ0n) is 9.07. The van der Waals surface area contributed by atoms with Crippen LogP contribution in [0.4, 0.5) is 0 Å². The number of furan rings is 1. The summed E-state index contributed by atoms with van der Waals surface area (Å²) in [4.78, 5) is 13.4. The Morgan fingerprint density at radius 1 is 1.75 bits per heavy atom. The summed E-state index contributed by atoms with van der Waals surface area (Å²) < 4.78 is 10.3. The second kappa shape index (κ2) is 6.27. The van der Waals surface area contributed by atoms with Crippen LogP contribution in [0.5, 0.6) is 0 Å². The molecule has 6 heteroatoms. The van der Waals surface area contributed by atoms with Crippen LogP contribution < -0.4 is 0 Å². The molecule has 0 saturated heterocycles. The van der Waals surface area contributed by atoms with Gasteiger partial charge in [-0.15, -0.1) is 11.6 Å². The molecule has 0 N–H and O–H groups in total. The molecule has 1 amide bonds. The van der Waals surface area contributed by atoms with Gasteiger partial charge in [0.25, 0.3) is 5.91 Å². The number of amides is 1. The minimum absolute atomic E-state index is 0.137. The van der Waals surface area contributed by atoms with Crippen LogP contribution >= 0.6 is 27.5 Å². The van der Waals surface area contributed by atoms with Gasteiger partial charge in [-0.2, -0.15) is 0 Å². The summed E-state index contributed by atoms with van der Waals surface area (Å²) in [5.41, 5.74) is 0.490. The van der Waals surface area contributed by atoms with Gasteiger partial charge >= 0.3 is 0 Å². The highest BCUT2D eigenvalue weighted by atomic mass is 79.9. The van der Waals surface area contributed by atoms with Crippen molar-refractivity contribution in [3.8, 4) is 0 Å². The fourth-order valence-electron chi connectivity index (χ4n) is 1.27. The maximum absolute atomic E-state index is 11.9. The molecule has 1 unspecified atom stereocenters. The molecule has 0 bridgehead atoms. The average molecular weight is 311 g/mol. The topological polar surface area (TPSA) is 42.7 Å². The number of methoxy groups -OCH3 is 1. The molecule has 0 saturated carbocycles. The first kappa shape index (κ1) is 13.5. The predicted octanol–water partition coefficient (Wildman–Crippen LogP) is 2.37. The fraction of sp³-hybridized carbons (Fsp3) is 0.500. The van der Waals surface area contributed by atoms with Crippen LogP contribution in [0.3, 0.4) is 0 Å². The monoisotopic (exact) mass is 309 g/mol. The van der Waals surface area contributed by atoms with Crippen LogP contribution in [-0.4, -0.2) is 43.5 Å². The Morgan fingerprint density at radius 3 is 2.94 bits per heavy atom. The minimum atomic E-state index is -0.218. The van der Waals surface area contributed by atoms with E-state index in [0.29, 0.717) is 23.4 Å². The zero-order chi connectivity index (χ0) is 12.1. The van der Waals surface area contributed by atoms with Crippen molar-refractivity contribution >= 4 is 33.4 Å². The summed E-state index contributed by atoms with van der Waals surface area (Å²) in [7, 11) is 3.26. The fourth-order valence-corrected chi connectivity index (χ4v) is 2.01. The molecule has 1 aromatic heterocycles. The highest BCUT2D eigenvalue weighted by molar-refractivity contribution is 9.10. The number of hydrogen-bond acceptors (Lipinski definition) is 3. The SMILES string of the molecule is COCC(Cl)CN(C)C(=O)c1ccoc1Br. The Labute approximate surface area is 108 Å². The Hall–Kier alpha value is -0.520. The van der Waals surface area contributed by atoms with Crippen molar-refractivity contribution in [1.82, 2.24) is 4.90 Å². The number of alkyl halides is 1. The zero-order valence-corrected chi connectivity index (χ0v) is 11.4. The Bertz CT molecular complexity index is 356. The third-order valence-electron chi connectivity index (χ3n) is 2.01. The molecule has 0 spiro atoms. The van der Waals surface area contributed by atoms with Gasteiger partial charge in [0.2, 0.25) is 0 Å². The first-order valence-electron chi connectivity index (χ1n) is 4.67. The number of halogens is 2. The van der Waals surface area contributed by atoms with E-state index >= 15 is 0 Å². The predicted molar refractivity (Wildman–Crippen MR) is 64.9 cm³/mol. The number of ether oxygens (including phenoxy) is 1. The van der Waals surface area contributed by atoms with Crippen LogP contribution in [-0.2, 0) is 4.74 Å². The second-order valence-electron chi connectivity index (χ2n) is 3.35. The van der Waals surface area contributed by atoms with E-state index in [1.807, 2.05) is 0 Å². The molecule has 4 nitrogen and oxygen atoms in total. The molecular formula is C10H13BrClNO3. The summed E-state index contributed by atoms with van der Waals surface area (Å²) in [6.07, 6.45) is 1.46. The molecule has 0 aliphatic heterocycles. The largest absolute Gasteiger partial charge is 0.457 e. The van der Waals surface area contributed by atoms with Crippen LogP contribution in [0.1, 0.15) is 10.4 Å². The van der Waals surface area contributed by atoms with Crippen LogP contribution in [0, 0.1) is 0 Å². The van der Waals surface area contributed by atoms with Crippen molar-refractivity contribution in [2.45, 2.75) is 5.38 Å². The number of carbonyl (C=O) groups excluding carboxylic acids is 1. The molecule has 0 aliphatic carbocycles. The molecule has 1 aromatic rings. The van der Waals surface area contributed by atoms with Crippen LogP contribution in [0.25, 0.3) is 0 Å². The van der Waals surface area contributed by atoms with E-state index in [1.165, 1.54) is 11.2 Å². The molecule has 0 fully saturated rings. The molecule has 16 heavy (non-hydrogen) atoms. The first-order valence-corrected chi connectivity index (χ1v) is 5.90. The maximum atomic E-state index is 11.9. The number of hydrogen-bond donors (Lipinski definition) is 0. The lowest BCUT2D eigenvalue weighted by atomic mass is 10.3. The van der Waals surface area contributed by atoms with Crippen molar-refractivity contribution in [3.05, 3.63) is 22.6 Å². The molecule has 90 valence electrons. The summed E-state index contributed by atoms with van der Waals surface area (Å²) in [6, 6.07) is 1.61. The third kappa shape index (κ3) is 3.50. The highest BCUT2D eigenvalue weighted by Crippen LogP contribution is 2.19. The molecule has 0 aliphatic rings. The smallest absolute Gasteiger partial charge is 0.258 e. The molecule has 0 radical (unpaired) electrons. The first-order chi connectivity index (χ1) is 7.56. The maximum Gasteiger partial charge on any atom is 0.258 e. The highest BCUT2D eigenvalue weighted by Gasteiger charge is 2.19. The number of rotatable bonds is 5. The lowest BCUT2D eigenvalue weighted by molar-refractivity contribution is 0.0779. The Balaban J connectivity index is 2.58. The van der Waals surface area contributed by atoms with Gasteiger partial charge in [0.15, 0.2) is 4.67 Å². The van der Waals surface area contributed by atoms with Crippen molar-refractivity contribution in [1.29, 1.82) is 0 Å². The molecule has 0 aromatic carbocycles.